The zero-order chi connectivity index (χ0) is 20.9. The third kappa shape index (κ3) is 4.55. The van der Waals surface area contributed by atoms with Crippen LogP contribution in [-0.4, -0.2) is 26.8 Å². The molecule has 0 aliphatic heterocycles. The van der Waals surface area contributed by atoms with E-state index < -0.39 is 0 Å². The Bertz CT molecular complexity index is 1040. The summed E-state index contributed by atoms with van der Waals surface area (Å²) in [5.41, 5.74) is 9.74. The van der Waals surface area contributed by atoms with Crippen molar-refractivity contribution < 1.29 is 10.3 Å². The number of anilines is 1. The second kappa shape index (κ2) is 9.41. The number of nitrogens with one attached hydrogen (secondary N) is 2. The average Bonchev–Trinajstić information content (AvgIpc) is 2.75. The van der Waals surface area contributed by atoms with Gasteiger partial charge in [0.1, 0.15) is 5.75 Å². The third-order valence-corrected chi connectivity index (χ3v) is 5.83. The topological polar surface area (TPSA) is 90.3 Å². The lowest BCUT2D eigenvalue weighted by Crippen LogP contribution is -2.12. The van der Waals surface area contributed by atoms with Gasteiger partial charge in [-0.25, -0.2) is 0 Å². The molecule has 6 heteroatoms. The first kappa shape index (κ1) is 20.6. The van der Waals surface area contributed by atoms with Gasteiger partial charge in [0, 0.05) is 29.0 Å². The van der Waals surface area contributed by atoms with Gasteiger partial charge >= 0.3 is 0 Å². The minimum atomic E-state index is 0.103. The summed E-state index contributed by atoms with van der Waals surface area (Å²) in [6.45, 7) is 3.18. The number of hydroxylamine groups is 1. The van der Waals surface area contributed by atoms with Crippen molar-refractivity contribution in [1.29, 1.82) is 0 Å². The Kier molecular flexibility index (Phi) is 6.45. The number of aromatic nitrogens is 2. The fourth-order valence-electron chi connectivity index (χ4n) is 4.27. The highest BCUT2D eigenvalue weighted by Crippen LogP contribution is 2.33. The summed E-state index contributed by atoms with van der Waals surface area (Å²) in [7, 11) is 0. The van der Waals surface area contributed by atoms with Crippen LogP contribution in [0.15, 0.2) is 30.3 Å². The van der Waals surface area contributed by atoms with Crippen molar-refractivity contribution in [1.82, 2.24) is 15.4 Å². The van der Waals surface area contributed by atoms with E-state index in [-0.39, 0.29) is 12.3 Å². The highest BCUT2D eigenvalue weighted by Gasteiger charge is 2.18. The number of fused-ring (bicyclic) bond motifs is 2. The van der Waals surface area contributed by atoms with E-state index in [1.54, 1.807) is 6.07 Å². The molecule has 1 aromatic carbocycles. The maximum Gasteiger partial charge on any atom is 0.138 e. The molecule has 4 rings (SSSR count). The zero-order valence-electron chi connectivity index (χ0n) is 17.5. The molecule has 2 heterocycles. The van der Waals surface area contributed by atoms with Crippen molar-refractivity contribution in [2.75, 3.05) is 11.9 Å². The molecule has 0 amide bonds. The van der Waals surface area contributed by atoms with Crippen LogP contribution in [-0.2, 0) is 25.8 Å². The lowest BCUT2D eigenvalue weighted by Gasteiger charge is -2.22. The van der Waals surface area contributed by atoms with E-state index in [4.69, 9.17) is 10.2 Å². The standard InChI is InChI=1S/C24H30N4O2/c1-16-9-11-21-19(14-16)24(18-7-2-3-8-20(18)28-21)25-13-5-4-6-17-10-12-23(29)22(27-17)15-26-30/h9-12,14,26,29-30H,2-8,13,15H2,1H3,(H,25,28). The van der Waals surface area contributed by atoms with Crippen LogP contribution in [0.3, 0.4) is 0 Å². The van der Waals surface area contributed by atoms with Crippen LogP contribution in [0.4, 0.5) is 5.69 Å². The van der Waals surface area contributed by atoms with Gasteiger partial charge < -0.3 is 15.6 Å². The van der Waals surface area contributed by atoms with Gasteiger partial charge in [0.15, 0.2) is 0 Å². The van der Waals surface area contributed by atoms with E-state index in [0.717, 1.165) is 49.9 Å². The Balaban J connectivity index is 1.42. The van der Waals surface area contributed by atoms with Crippen molar-refractivity contribution in [2.45, 2.75) is 58.4 Å². The molecule has 30 heavy (non-hydrogen) atoms. The van der Waals surface area contributed by atoms with E-state index in [9.17, 15) is 5.11 Å². The highest BCUT2D eigenvalue weighted by atomic mass is 16.5. The van der Waals surface area contributed by atoms with Crippen molar-refractivity contribution in [2.24, 2.45) is 0 Å². The Morgan fingerprint density at radius 1 is 1.03 bits per heavy atom. The Hall–Kier alpha value is -2.70. The summed E-state index contributed by atoms with van der Waals surface area (Å²) in [4.78, 5) is 9.37. The number of hydrogen-bond donors (Lipinski definition) is 4. The summed E-state index contributed by atoms with van der Waals surface area (Å²) in [5, 5.41) is 23.6. The lowest BCUT2D eigenvalue weighted by molar-refractivity contribution is 0.158. The number of rotatable bonds is 8. The van der Waals surface area contributed by atoms with Crippen LogP contribution in [0.5, 0.6) is 5.75 Å². The number of hydrogen-bond acceptors (Lipinski definition) is 6. The molecule has 0 saturated heterocycles. The second-order valence-electron chi connectivity index (χ2n) is 8.13. The van der Waals surface area contributed by atoms with Gasteiger partial charge in [-0.2, -0.15) is 5.48 Å². The number of benzene rings is 1. The van der Waals surface area contributed by atoms with Gasteiger partial charge in [0.2, 0.25) is 0 Å². The predicted molar refractivity (Wildman–Crippen MR) is 119 cm³/mol. The van der Waals surface area contributed by atoms with Crippen LogP contribution in [0.2, 0.25) is 0 Å². The molecule has 1 aliphatic carbocycles. The molecule has 158 valence electrons. The molecule has 0 saturated carbocycles. The van der Waals surface area contributed by atoms with E-state index in [1.807, 2.05) is 6.07 Å². The summed E-state index contributed by atoms with van der Waals surface area (Å²) in [6, 6.07) is 10.0. The summed E-state index contributed by atoms with van der Waals surface area (Å²) in [6.07, 6.45) is 7.51. The molecule has 2 aromatic heterocycles. The number of nitrogens with zero attached hydrogens (tertiary/aromatic N) is 2. The van der Waals surface area contributed by atoms with Crippen molar-refractivity contribution in [3.63, 3.8) is 0 Å². The van der Waals surface area contributed by atoms with Crippen LogP contribution in [0.1, 0.15) is 53.9 Å². The van der Waals surface area contributed by atoms with E-state index in [0.29, 0.717) is 5.69 Å². The van der Waals surface area contributed by atoms with Crippen molar-refractivity contribution in [3.8, 4) is 5.75 Å². The first-order valence-corrected chi connectivity index (χ1v) is 10.9. The van der Waals surface area contributed by atoms with Crippen LogP contribution >= 0.6 is 0 Å². The molecule has 3 aromatic rings. The monoisotopic (exact) mass is 406 g/mol. The normalized spacial score (nSPS) is 13.4. The second-order valence-corrected chi connectivity index (χ2v) is 8.13. The van der Waals surface area contributed by atoms with Gasteiger partial charge in [-0.3, -0.25) is 9.97 Å². The molecule has 1 aliphatic rings. The third-order valence-electron chi connectivity index (χ3n) is 5.83. The summed E-state index contributed by atoms with van der Waals surface area (Å²) < 4.78 is 0. The Morgan fingerprint density at radius 3 is 2.77 bits per heavy atom. The fourth-order valence-corrected chi connectivity index (χ4v) is 4.27. The van der Waals surface area contributed by atoms with Gasteiger partial charge in [0.25, 0.3) is 0 Å². The smallest absolute Gasteiger partial charge is 0.138 e. The summed E-state index contributed by atoms with van der Waals surface area (Å²) >= 11 is 0. The Morgan fingerprint density at radius 2 is 1.90 bits per heavy atom. The quantitative estimate of drug-likeness (QED) is 0.327. The fraction of sp³-hybridized carbons (Fsp3) is 0.417. The summed E-state index contributed by atoms with van der Waals surface area (Å²) in [5.74, 6) is 0.103. The molecule has 0 spiro atoms. The molecule has 0 fully saturated rings. The molecular weight excluding hydrogens is 376 g/mol. The van der Waals surface area contributed by atoms with Crippen LogP contribution < -0.4 is 10.8 Å². The minimum Gasteiger partial charge on any atom is -0.506 e. The molecule has 0 atom stereocenters. The Labute approximate surface area is 177 Å². The van der Waals surface area contributed by atoms with Gasteiger partial charge in [-0.05, 0) is 81.7 Å². The SMILES string of the molecule is Cc1ccc2nc3c(c(NCCCCc4ccc(O)c(CNO)n4)c2c1)CCCC3. The van der Waals surface area contributed by atoms with Gasteiger partial charge in [-0.15, -0.1) is 0 Å². The number of pyridine rings is 2. The minimum absolute atomic E-state index is 0.103. The predicted octanol–water partition coefficient (Wildman–Crippen LogP) is 4.44. The van der Waals surface area contributed by atoms with Crippen LogP contribution in [0.25, 0.3) is 10.9 Å². The van der Waals surface area contributed by atoms with Crippen LogP contribution in [0, 0.1) is 6.92 Å². The molecule has 0 bridgehead atoms. The average molecular weight is 407 g/mol. The molecule has 6 nitrogen and oxygen atoms in total. The maximum atomic E-state index is 9.78. The van der Waals surface area contributed by atoms with Gasteiger partial charge in [0.05, 0.1) is 17.8 Å². The van der Waals surface area contributed by atoms with E-state index >= 15 is 0 Å². The first-order chi connectivity index (χ1) is 14.7. The van der Waals surface area contributed by atoms with E-state index in [1.165, 1.54) is 40.7 Å². The highest BCUT2D eigenvalue weighted by molar-refractivity contribution is 5.94. The molecular formula is C24H30N4O2. The van der Waals surface area contributed by atoms with Gasteiger partial charge in [-0.1, -0.05) is 11.6 Å². The number of aromatic hydroxyl groups is 1. The number of unbranched alkanes of at least 4 members (excludes halogenated alkanes) is 1. The maximum absolute atomic E-state index is 9.78. The zero-order valence-corrected chi connectivity index (χ0v) is 17.5. The van der Waals surface area contributed by atoms with E-state index in [2.05, 4.69) is 40.9 Å². The lowest BCUT2D eigenvalue weighted by atomic mass is 9.92. The molecule has 0 unspecified atom stereocenters. The molecule has 0 radical (unpaired) electrons. The first-order valence-electron chi connectivity index (χ1n) is 10.9. The largest absolute Gasteiger partial charge is 0.506 e. The number of aryl methyl sites for hydroxylation is 3. The molecule has 4 N–H and O–H groups in total. The van der Waals surface area contributed by atoms with Crippen molar-refractivity contribution >= 4 is 16.6 Å². The van der Waals surface area contributed by atoms with Crippen molar-refractivity contribution in [3.05, 3.63) is 58.5 Å².